The van der Waals surface area contributed by atoms with Gasteiger partial charge in [-0.2, -0.15) is 16.8 Å². The van der Waals surface area contributed by atoms with Gasteiger partial charge in [0, 0.05) is 53.8 Å². The summed E-state index contributed by atoms with van der Waals surface area (Å²) in [6.07, 6.45) is 0.585. The largest absolute Gasteiger partial charge is 0.508 e. The zero-order valence-electron chi connectivity index (χ0n) is 41.4. The minimum atomic E-state index is -5.29. The summed E-state index contributed by atoms with van der Waals surface area (Å²) in [5, 5.41) is 38.4. The number of unbranched alkanes of at least 4 members (excludes halogenated alkanes) is 2. The van der Waals surface area contributed by atoms with Crippen molar-refractivity contribution in [3.05, 3.63) is 88.8 Å². The van der Waals surface area contributed by atoms with Crippen molar-refractivity contribution in [1.29, 1.82) is 5.41 Å². The lowest BCUT2D eigenvalue weighted by Gasteiger charge is -2.23. The first-order valence-electron chi connectivity index (χ1n) is 23.6. The molecule has 0 aromatic heterocycles. The number of phenols is 1. The molecule has 0 spiro atoms. The van der Waals surface area contributed by atoms with Crippen molar-refractivity contribution >= 4 is 102 Å². The Labute approximate surface area is 452 Å². The van der Waals surface area contributed by atoms with Crippen molar-refractivity contribution < 1.29 is 89.5 Å². The number of carboxylic acids is 1. The van der Waals surface area contributed by atoms with E-state index in [4.69, 9.17) is 21.3 Å². The number of nitrogens with one attached hydrogen (secondary N) is 6. The van der Waals surface area contributed by atoms with Gasteiger partial charge in [-0.05, 0) is 85.0 Å². The average Bonchev–Trinajstić information content (AvgIpc) is 3.86. The van der Waals surface area contributed by atoms with Crippen molar-refractivity contribution in [2.45, 2.75) is 59.2 Å². The third-order valence-electron chi connectivity index (χ3n) is 12.1. The van der Waals surface area contributed by atoms with E-state index in [2.05, 4.69) is 32.3 Å². The van der Waals surface area contributed by atoms with Crippen molar-refractivity contribution in [2.75, 3.05) is 44.2 Å². The molecule has 31 heteroatoms. The summed E-state index contributed by atoms with van der Waals surface area (Å²) >= 11 is 0.894. The number of aromatic carboxylic acids is 1. The van der Waals surface area contributed by atoms with Crippen LogP contribution in [0.3, 0.4) is 0 Å². The highest BCUT2D eigenvalue weighted by Gasteiger charge is 2.40. The fourth-order valence-electron chi connectivity index (χ4n) is 8.28. The molecule has 1 fully saturated rings. The number of fused-ring (bicyclic) bond motifs is 2. The number of rotatable bonds is 25. The molecule has 28 nitrogen and oxygen atoms in total. The smallest absolute Gasteiger partial charge is 0.336 e. The summed E-state index contributed by atoms with van der Waals surface area (Å²) in [5.74, 6) is -8.36. The molecule has 1 unspecified atom stereocenters. The van der Waals surface area contributed by atoms with Crippen LogP contribution in [-0.2, 0) is 60.2 Å². The number of aromatic hydroxyl groups is 1. The number of quaternary nitrogens is 1. The molecule has 3 aliphatic rings. The van der Waals surface area contributed by atoms with E-state index < -0.39 is 142 Å². The first-order chi connectivity index (χ1) is 37.2. The van der Waals surface area contributed by atoms with Gasteiger partial charge < -0.3 is 58.4 Å². The van der Waals surface area contributed by atoms with Crippen molar-refractivity contribution in [1.82, 2.24) is 31.5 Å². The Morgan fingerprint density at radius 3 is 2.13 bits per heavy atom. The van der Waals surface area contributed by atoms with E-state index in [0.29, 0.717) is 18.4 Å². The van der Waals surface area contributed by atoms with E-state index >= 15 is 0 Å². The molecule has 3 aromatic carbocycles. The van der Waals surface area contributed by atoms with E-state index in [1.165, 1.54) is 36.4 Å². The Balaban J connectivity index is 1.07. The second-order valence-corrected chi connectivity index (χ2v) is 21.6. The lowest BCUT2D eigenvalue weighted by Crippen LogP contribution is -2.58. The average molecular weight is 1150 g/mol. The van der Waals surface area contributed by atoms with Crippen molar-refractivity contribution in [3.8, 4) is 28.2 Å². The molecule has 1 saturated heterocycles. The number of anilines is 1. The van der Waals surface area contributed by atoms with E-state index in [0.717, 1.165) is 47.0 Å². The number of nitrogen functional groups attached to an aromatic ring is 1. The molecule has 17 N–H and O–H groups in total. The minimum absolute atomic E-state index is 0.0140. The molecule has 2 aliphatic heterocycles. The molecular weight excluding hydrogens is 1100 g/mol. The fraction of sp³-hybridized carbons (Fsp3) is 0.292. The van der Waals surface area contributed by atoms with Crippen LogP contribution in [0.15, 0.2) is 80.9 Å². The Hall–Kier alpha value is -8.49. The summed E-state index contributed by atoms with van der Waals surface area (Å²) in [6.45, 7) is -1.12. The lowest BCUT2D eigenvalue weighted by molar-refractivity contribution is -0.355. The van der Waals surface area contributed by atoms with Gasteiger partial charge in [0.05, 0.1) is 34.9 Å². The van der Waals surface area contributed by atoms with Gasteiger partial charge in [-0.1, -0.05) is 12.1 Å². The van der Waals surface area contributed by atoms with E-state index in [9.17, 15) is 79.3 Å². The van der Waals surface area contributed by atoms with Crippen LogP contribution >= 0.6 is 11.8 Å². The molecule has 0 radical (unpaired) electrons. The van der Waals surface area contributed by atoms with Gasteiger partial charge in [-0.25, -0.2) is 4.79 Å². The van der Waals surface area contributed by atoms with Crippen LogP contribution in [0.25, 0.3) is 33.4 Å². The standard InChI is InChI=1S/C48H52N10O18S3/c49-19-35(60)54-20-36(61)55-21-37(62)56-32(16-23-4-7-25(59)8-5-23)46(66)57-33(44(52)64)22-77-34-18-38(63)58(47(34)67)15-3-1-2-14-53-45(65)24-6-9-26(48(68)69)29(17-24)39-27-10-12-30(50)42(78(70,71)72)40(27)76-41-28(39)11-13-31(51)43(41)79(73,74)75/h4-13,17,32-34,50,59H,1-3,14-16,18-22,49,51H2,(H2,52,64)(H,53,65)(H,54,60)(H,55,61)(H,56,62)(H,57,66)(H,68,69)(H,70,71,72)(H,73,74,75)/p+1/t32-,33-,34?/m0/s1. The number of carboxylic acid groups (broad SMARTS) is 1. The molecule has 0 bridgehead atoms. The monoisotopic (exact) mass is 1150 g/mol. The van der Waals surface area contributed by atoms with Crippen molar-refractivity contribution in [3.63, 3.8) is 0 Å². The first kappa shape index (κ1) is 59.7. The molecule has 6 rings (SSSR count). The second kappa shape index (κ2) is 25.3. The van der Waals surface area contributed by atoms with Gasteiger partial charge in [-0.15, -0.1) is 11.8 Å². The highest BCUT2D eigenvalue weighted by molar-refractivity contribution is 8.00. The predicted octanol–water partition coefficient (Wildman–Crippen LogP) is -1.90. The Kier molecular flexibility index (Phi) is 19.2. The zero-order valence-corrected chi connectivity index (χ0v) is 43.8. The van der Waals surface area contributed by atoms with Crippen LogP contribution in [0.1, 0.15) is 52.0 Å². The van der Waals surface area contributed by atoms with Crippen molar-refractivity contribution in [2.24, 2.45) is 5.73 Å². The quantitative estimate of drug-likeness (QED) is 0.00997. The zero-order chi connectivity index (χ0) is 58.1. The topological polar surface area (TPSA) is 483 Å². The number of thioether (sulfide) groups is 1. The number of imide groups is 1. The molecule has 1 aliphatic carbocycles. The first-order valence-corrected chi connectivity index (χ1v) is 27.6. The van der Waals surface area contributed by atoms with E-state index in [-0.39, 0.29) is 78.0 Å². The molecule has 420 valence electrons. The number of benzene rings is 4. The third-order valence-corrected chi connectivity index (χ3v) is 15.3. The molecule has 2 heterocycles. The highest BCUT2D eigenvalue weighted by Crippen LogP contribution is 2.46. The van der Waals surface area contributed by atoms with Gasteiger partial charge in [0.15, 0.2) is 27.7 Å². The van der Waals surface area contributed by atoms with Gasteiger partial charge in [-0.3, -0.25) is 57.8 Å². The number of hydrogen-bond donors (Lipinski definition) is 13. The Morgan fingerprint density at radius 1 is 0.810 bits per heavy atom. The predicted molar refractivity (Wildman–Crippen MR) is 278 cm³/mol. The Bertz CT molecular complexity index is 3540. The Morgan fingerprint density at radius 2 is 1.48 bits per heavy atom. The number of carbonyl (C=O) groups is 9. The number of nitrogens with two attached hydrogens (primary N) is 2. The number of carbonyl (C=O) groups excluding carboxylic acids is 8. The summed E-state index contributed by atoms with van der Waals surface area (Å²) in [5.41, 5.74) is 12.7. The number of amides is 8. The number of hydrogen-bond acceptors (Lipinski definition) is 18. The SMILES string of the molecule is N=c1ccc2c(-c3cc(C(=O)NCCCCCN4C(=O)CC(SC[C@H](NC(=O)[C@H](Cc5ccc(O)cc5)NC(=O)CNC(=O)CNC(=O)C[NH3+])C(N)=O)C4=O)ccc3C(=O)O)c3ccc(N)c(S(=O)(=O)O)c3oc-2c1S(=O)(=O)O. The number of phenolic OH excluding ortho intramolecular Hbond substituents is 1. The van der Waals surface area contributed by atoms with Crippen LogP contribution < -0.4 is 49.1 Å². The third kappa shape index (κ3) is 14.8. The highest BCUT2D eigenvalue weighted by atomic mass is 32.2. The summed E-state index contributed by atoms with van der Waals surface area (Å²) < 4.78 is 76.3. The summed E-state index contributed by atoms with van der Waals surface area (Å²) in [6, 6.07) is 10.6. The summed E-state index contributed by atoms with van der Waals surface area (Å²) in [7, 11) is -10.5. The van der Waals surface area contributed by atoms with E-state index in [1.807, 2.05) is 0 Å². The summed E-state index contributed by atoms with van der Waals surface area (Å²) in [4.78, 5) is 114. The van der Waals surface area contributed by atoms with Crippen LogP contribution in [0.2, 0.25) is 0 Å². The molecule has 3 atom stereocenters. The normalized spacial score (nSPS) is 14.4. The maximum Gasteiger partial charge on any atom is 0.336 e. The van der Waals surface area contributed by atoms with Gasteiger partial charge >= 0.3 is 5.97 Å². The molecule has 3 aromatic rings. The minimum Gasteiger partial charge on any atom is -0.508 e. The number of likely N-dealkylation sites (tertiary alicyclic amines) is 1. The fourth-order valence-corrected chi connectivity index (χ4v) is 11.0. The number of primary amides is 1. The lowest BCUT2D eigenvalue weighted by atomic mass is 9.89. The molecular formula is C48H53N10O18S3+. The molecule has 8 amide bonds. The molecule has 79 heavy (non-hydrogen) atoms. The van der Waals surface area contributed by atoms with E-state index in [1.54, 1.807) is 0 Å². The maximum absolute atomic E-state index is 13.6. The van der Waals surface area contributed by atoms with Gasteiger partial charge in [0.1, 0.15) is 17.8 Å². The van der Waals surface area contributed by atoms with Crippen LogP contribution in [-0.4, -0.2) is 150 Å². The van der Waals surface area contributed by atoms with Crippen LogP contribution in [0.4, 0.5) is 5.69 Å². The van der Waals surface area contributed by atoms with Crippen LogP contribution in [0.5, 0.6) is 5.75 Å². The van der Waals surface area contributed by atoms with Gasteiger partial charge in [0.2, 0.25) is 35.4 Å². The van der Waals surface area contributed by atoms with Gasteiger partial charge in [0.25, 0.3) is 32.1 Å². The van der Waals surface area contributed by atoms with Crippen LogP contribution in [0, 0.1) is 5.41 Å². The number of nitrogens with zero attached hydrogens (tertiary/aromatic N) is 1. The molecule has 0 saturated carbocycles. The second-order valence-electron chi connectivity index (χ2n) is 17.7. The maximum atomic E-state index is 13.6.